The van der Waals surface area contributed by atoms with Gasteiger partial charge in [0.15, 0.2) is 0 Å². The van der Waals surface area contributed by atoms with E-state index >= 15 is 0 Å². The molecule has 2 aromatic rings. The molecule has 0 aliphatic heterocycles. The van der Waals surface area contributed by atoms with Crippen LogP contribution in [0.4, 0.5) is 0 Å². The van der Waals surface area contributed by atoms with Gasteiger partial charge in [-0.15, -0.1) is 0 Å². The number of nitrogens with one attached hydrogen (secondary N) is 1. The molecule has 0 atom stereocenters. The van der Waals surface area contributed by atoms with Crippen molar-refractivity contribution in [2.75, 3.05) is 0 Å². The Morgan fingerprint density at radius 2 is 2.12 bits per heavy atom. The lowest BCUT2D eigenvalue weighted by Crippen LogP contribution is -2.17. The SMILES string of the molecule is CCn1c(CNC2CC2)cc2ccccc21. The summed E-state index contributed by atoms with van der Waals surface area (Å²) in [4.78, 5) is 0. The van der Waals surface area contributed by atoms with E-state index in [1.54, 1.807) is 0 Å². The van der Waals surface area contributed by atoms with Crippen LogP contribution in [0.2, 0.25) is 0 Å². The molecule has 16 heavy (non-hydrogen) atoms. The fraction of sp³-hybridized carbons (Fsp3) is 0.429. The Bertz CT molecular complexity index is 494. The largest absolute Gasteiger partial charge is 0.344 e. The second kappa shape index (κ2) is 3.95. The van der Waals surface area contributed by atoms with Crippen molar-refractivity contribution in [2.45, 2.75) is 38.9 Å². The minimum atomic E-state index is 0.781. The first-order valence-corrected chi connectivity index (χ1v) is 6.19. The van der Waals surface area contributed by atoms with Gasteiger partial charge in [0.05, 0.1) is 0 Å². The van der Waals surface area contributed by atoms with Gasteiger partial charge in [0, 0.05) is 30.3 Å². The van der Waals surface area contributed by atoms with Gasteiger partial charge >= 0.3 is 0 Å². The molecule has 2 heteroatoms. The van der Waals surface area contributed by atoms with Crippen LogP contribution >= 0.6 is 0 Å². The summed E-state index contributed by atoms with van der Waals surface area (Å²) in [5.74, 6) is 0. The van der Waals surface area contributed by atoms with Gasteiger partial charge < -0.3 is 9.88 Å². The molecule has 1 heterocycles. The van der Waals surface area contributed by atoms with Crippen molar-refractivity contribution in [3.8, 4) is 0 Å². The third-order valence-electron chi connectivity index (χ3n) is 3.36. The second-order valence-electron chi connectivity index (χ2n) is 4.59. The van der Waals surface area contributed by atoms with E-state index in [1.165, 1.54) is 29.4 Å². The van der Waals surface area contributed by atoms with E-state index in [9.17, 15) is 0 Å². The molecule has 0 saturated heterocycles. The van der Waals surface area contributed by atoms with Gasteiger partial charge in [-0.1, -0.05) is 18.2 Å². The van der Waals surface area contributed by atoms with Gasteiger partial charge in [-0.05, 0) is 37.3 Å². The zero-order valence-corrected chi connectivity index (χ0v) is 9.74. The van der Waals surface area contributed by atoms with E-state index in [-0.39, 0.29) is 0 Å². The Balaban J connectivity index is 1.94. The van der Waals surface area contributed by atoms with E-state index in [2.05, 4.69) is 47.1 Å². The average molecular weight is 214 g/mol. The topological polar surface area (TPSA) is 17.0 Å². The highest BCUT2D eigenvalue weighted by molar-refractivity contribution is 5.81. The molecule has 0 bridgehead atoms. The highest BCUT2D eigenvalue weighted by Gasteiger charge is 2.20. The molecule has 1 aromatic carbocycles. The molecule has 1 fully saturated rings. The third kappa shape index (κ3) is 1.74. The molecule has 0 unspecified atom stereocenters. The fourth-order valence-corrected chi connectivity index (χ4v) is 2.32. The summed E-state index contributed by atoms with van der Waals surface area (Å²) in [6.45, 7) is 4.27. The molecule has 84 valence electrons. The highest BCUT2D eigenvalue weighted by Crippen LogP contribution is 2.22. The van der Waals surface area contributed by atoms with Crippen LogP contribution in [0.15, 0.2) is 30.3 Å². The number of aromatic nitrogens is 1. The minimum Gasteiger partial charge on any atom is -0.344 e. The summed E-state index contributed by atoms with van der Waals surface area (Å²) in [5.41, 5.74) is 2.77. The first kappa shape index (κ1) is 9.91. The molecule has 1 aliphatic carbocycles. The van der Waals surface area contributed by atoms with Crippen molar-refractivity contribution in [1.29, 1.82) is 0 Å². The van der Waals surface area contributed by atoms with Crippen molar-refractivity contribution < 1.29 is 0 Å². The molecule has 3 rings (SSSR count). The van der Waals surface area contributed by atoms with Crippen LogP contribution < -0.4 is 5.32 Å². The van der Waals surface area contributed by atoms with Crippen LogP contribution in [0.3, 0.4) is 0 Å². The van der Waals surface area contributed by atoms with E-state index in [0.29, 0.717) is 0 Å². The van der Waals surface area contributed by atoms with Gasteiger partial charge in [-0.25, -0.2) is 0 Å². The second-order valence-corrected chi connectivity index (χ2v) is 4.59. The highest BCUT2D eigenvalue weighted by atomic mass is 15.0. The average Bonchev–Trinajstić information content (AvgIpc) is 3.07. The lowest BCUT2D eigenvalue weighted by Gasteiger charge is -2.08. The number of aryl methyl sites for hydroxylation is 1. The monoisotopic (exact) mass is 214 g/mol. The maximum atomic E-state index is 3.59. The number of para-hydroxylation sites is 1. The lowest BCUT2D eigenvalue weighted by molar-refractivity contribution is 0.634. The summed E-state index contributed by atoms with van der Waals surface area (Å²) in [6, 6.07) is 11.7. The Morgan fingerprint density at radius 3 is 2.88 bits per heavy atom. The van der Waals surface area contributed by atoms with E-state index in [0.717, 1.165) is 19.1 Å². The van der Waals surface area contributed by atoms with Gasteiger partial charge in [0.25, 0.3) is 0 Å². The Labute approximate surface area is 96.3 Å². The molecule has 1 aliphatic rings. The maximum absolute atomic E-state index is 3.59. The summed E-state index contributed by atoms with van der Waals surface area (Å²) < 4.78 is 2.41. The van der Waals surface area contributed by atoms with Gasteiger partial charge in [-0.3, -0.25) is 0 Å². The fourth-order valence-electron chi connectivity index (χ4n) is 2.32. The predicted molar refractivity (Wildman–Crippen MR) is 67.5 cm³/mol. The van der Waals surface area contributed by atoms with Gasteiger partial charge in [0.2, 0.25) is 0 Å². The quantitative estimate of drug-likeness (QED) is 0.828. The van der Waals surface area contributed by atoms with Crippen molar-refractivity contribution >= 4 is 10.9 Å². The summed E-state index contributed by atoms with van der Waals surface area (Å²) in [5, 5.41) is 4.95. The summed E-state index contributed by atoms with van der Waals surface area (Å²) in [7, 11) is 0. The summed E-state index contributed by atoms with van der Waals surface area (Å²) in [6.07, 6.45) is 2.71. The first-order chi connectivity index (χ1) is 7.88. The van der Waals surface area contributed by atoms with Crippen molar-refractivity contribution in [1.82, 2.24) is 9.88 Å². The number of benzene rings is 1. The van der Waals surface area contributed by atoms with E-state index < -0.39 is 0 Å². The summed E-state index contributed by atoms with van der Waals surface area (Å²) >= 11 is 0. The standard InChI is InChI=1S/C14H18N2/c1-2-16-13(10-15-12-7-8-12)9-11-5-3-4-6-14(11)16/h3-6,9,12,15H,2,7-8,10H2,1H3. The normalized spacial score (nSPS) is 15.8. The van der Waals surface area contributed by atoms with Crippen molar-refractivity contribution in [2.24, 2.45) is 0 Å². The number of hydrogen-bond acceptors (Lipinski definition) is 1. The van der Waals surface area contributed by atoms with Crippen molar-refractivity contribution in [3.63, 3.8) is 0 Å². The Kier molecular flexibility index (Phi) is 2.44. The molecule has 0 amide bonds. The minimum absolute atomic E-state index is 0.781. The predicted octanol–water partition coefficient (Wildman–Crippen LogP) is 2.91. The maximum Gasteiger partial charge on any atom is 0.0482 e. The Morgan fingerprint density at radius 1 is 1.31 bits per heavy atom. The molecule has 0 radical (unpaired) electrons. The van der Waals surface area contributed by atoms with Crippen LogP contribution in [0, 0.1) is 0 Å². The van der Waals surface area contributed by atoms with Crippen molar-refractivity contribution in [3.05, 3.63) is 36.0 Å². The number of fused-ring (bicyclic) bond motifs is 1. The Hall–Kier alpha value is -1.28. The molecule has 1 N–H and O–H groups in total. The lowest BCUT2D eigenvalue weighted by atomic mass is 10.2. The van der Waals surface area contributed by atoms with Gasteiger partial charge in [0.1, 0.15) is 0 Å². The van der Waals surface area contributed by atoms with Crippen LogP contribution in [-0.4, -0.2) is 10.6 Å². The molecule has 2 nitrogen and oxygen atoms in total. The molecular weight excluding hydrogens is 196 g/mol. The zero-order valence-electron chi connectivity index (χ0n) is 9.74. The van der Waals surface area contributed by atoms with E-state index in [4.69, 9.17) is 0 Å². The zero-order chi connectivity index (χ0) is 11.0. The smallest absolute Gasteiger partial charge is 0.0482 e. The third-order valence-corrected chi connectivity index (χ3v) is 3.36. The van der Waals surface area contributed by atoms with Gasteiger partial charge in [-0.2, -0.15) is 0 Å². The van der Waals surface area contributed by atoms with Crippen LogP contribution in [0.25, 0.3) is 10.9 Å². The van der Waals surface area contributed by atoms with Crippen LogP contribution in [0.5, 0.6) is 0 Å². The number of hydrogen-bond donors (Lipinski definition) is 1. The molecule has 0 spiro atoms. The van der Waals surface area contributed by atoms with Crippen LogP contribution in [0.1, 0.15) is 25.5 Å². The first-order valence-electron chi connectivity index (χ1n) is 6.19. The molecular formula is C14H18N2. The molecule has 1 aromatic heterocycles. The number of nitrogens with zero attached hydrogens (tertiary/aromatic N) is 1. The van der Waals surface area contributed by atoms with Crippen LogP contribution in [-0.2, 0) is 13.1 Å². The van der Waals surface area contributed by atoms with E-state index in [1.807, 2.05) is 0 Å². The number of rotatable bonds is 4. The molecule has 1 saturated carbocycles.